The average molecular weight is 341 g/mol. The molecule has 3 aliphatic rings. The molecule has 0 radical (unpaired) electrons. The minimum absolute atomic E-state index is 0.0700. The van der Waals surface area contributed by atoms with Crippen LogP contribution in [0.5, 0.6) is 0 Å². The Morgan fingerprint density at radius 2 is 1.84 bits per heavy atom. The zero-order chi connectivity index (χ0) is 17.3. The van der Waals surface area contributed by atoms with Crippen LogP contribution >= 0.6 is 0 Å². The van der Waals surface area contributed by atoms with E-state index in [0.29, 0.717) is 19.1 Å². The first-order valence-electron chi connectivity index (χ1n) is 9.61. The average Bonchev–Trinajstić information content (AvgIpc) is 3.38. The number of piperidine rings is 1. The second kappa shape index (κ2) is 6.70. The predicted molar refractivity (Wildman–Crippen MR) is 96.2 cm³/mol. The van der Waals surface area contributed by atoms with E-state index in [4.69, 9.17) is 0 Å². The molecule has 0 aromatic heterocycles. The molecule has 134 valence electrons. The number of likely N-dealkylation sites (tertiary alicyclic amines) is 2. The number of nitrogens with zero attached hydrogens (tertiary/aromatic N) is 2. The zero-order valence-electron chi connectivity index (χ0n) is 14.7. The van der Waals surface area contributed by atoms with Crippen molar-refractivity contribution in [3.8, 4) is 0 Å². The normalized spacial score (nSPS) is 26.3. The Balaban J connectivity index is 1.40. The summed E-state index contributed by atoms with van der Waals surface area (Å²) in [6, 6.07) is 10.5. The summed E-state index contributed by atoms with van der Waals surface area (Å²) >= 11 is 0. The summed E-state index contributed by atoms with van der Waals surface area (Å²) in [5.74, 6) is 0.206. The van der Waals surface area contributed by atoms with Crippen LogP contribution < -0.4 is 5.32 Å². The quantitative estimate of drug-likeness (QED) is 0.915. The third kappa shape index (κ3) is 3.12. The van der Waals surface area contributed by atoms with Gasteiger partial charge in [-0.05, 0) is 50.5 Å². The molecular weight excluding hydrogens is 314 g/mol. The van der Waals surface area contributed by atoms with E-state index in [2.05, 4.69) is 22.3 Å². The van der Waals surface area contributed by atoms with Gasteiger partial charge < -0.3 is 15.1 Å². The molecule has 25 heavy (non-hydrogen) atoms. The number of carbonyl (C=O) groups is 2. The number of hydrogen-bond acceptors (Lipinski definition) is 2. The first kappa shape index (κ1) is 16.4. The van der Waals surface area contributed by atoms with Gasteiger partial charge in [0.15, 0.2) is 0 Å². The summed E-state index contributed by atoms with van der Waals surface area (Å²) in [6.07, 6.45) is 6.65. The van der Waals surface area contributed by atoms with E-state index in [-0.39, 0.29) is 11.9 Å². The van der Waals surface area contributed by atoms with Crippen molar-refractivity contribution in [1.82, 2.24) is 15.1 Å². The summed E-state index contributed by atoms with van der Waals surface area (Å²) < 4.78 is 0. The van der Waals surface area contributed by atoms with Crippen molar-refractivity contribution in [2.75, 3.05) is 19.6 Å². The first-order valence-corrected chi connectivity index (χ1v) is 9.61. The van der Waals surface area contributed by atoms with Crippen LogP contribution in [0.1, 0.15) is 44.1 Å². The third-order valence-electron chi connectivity index (χ3n) is 5.90. The summed E-state index contributed by atoms with van der Waals surface area (Å²) in [7, 11) is 0. The predicted octanol–water partition coefficient (Wildman–Crippen LogP) is 2.56. The van der Waals surface area contributed by atoms with Crippen molar-refractivity contribution in [2.24, 2.45) is 0 Å². The molecule has 2 saturated heterocycles. The van der Waals surface area contributed by atoms with Gasteiger partial charge in [-0.15, -0.1) is 0 Å². The van der Waals surface area contributed by atoms with Crippen LogP contribution in [-0.2, 0) is 11.2 Å². The van der Waals surface area contributed by atoms with Crippen molar-refractivity contribution in [1.29, 1.82) is 0 Å². The lowest BCUT2D eigenvalue weighted by Crippen LogP contribution is -2.63. The van der Waals surface area contributed by atoms with E-state index >= 15 is 0 Å². The fourth-order valence-corrected chi connectivity index (χ4v) is 4.46. The highest BCUT2D eigenvalue weighted by atomic mass is 16.2. The smallest absolute Gasteiger partial charge is 0.318 e. The SMILES string of the molecule is O=C(NCCc1ccccc1)N1CCCC12CCCN(C1CC1)C2=O. The summed E-state index contributed by atoms with van der Waals surface area (Å²) in [4.78, 5) is 29.8. The van der Waals surface area contributed by atoms with Crippen LogP contribution in [0.15, 0.2) is 30.3 Å². The molecule has 0 bridgehead atoms. The lowest BCUT2D eigenvalue weighted by molar-refractivity contribution is -0.146. The van der Waals surface area contributed by atoms with Gasteiger partial charge in [0.25, 0.3) is 0 Å². The van der Waals surface area contributed by atoms with E-state index in [1.54, 1.807) is 0 Å². The Morgan fingerprint density at radius 3 is 2.56 bits per heavy atom. The molecule has 1 unspecified atom stereocenters. The number of hydrogen-bond donors (Lipinski definition) is 1. The molecule has 3 amide bonds. The van der Waals surface area contributed by atoms with Crippen molar-refractivity contribution in [3.05, 3.63) is 35.9 Å². The Kier molecular flexibility index (Phi) is 4.40. The maximum atomic E-state index is 13.1. The topological polar surface area (TPSA) is 52.7 Å². The van der Waals surface area contributed by atoms with Crippen molar-refractivity contribution < 1.29 is 9.59 Å². The maximum absolute atomic E-state index is 13.1. The molecule has 5 heteroatoms. The van der Waals surface area contributed by atoms with Gasteiger partial charge in [0.05, 0.1) is 0 Å². The molecule has 2 aliphatic heterocycles. The van der Waals surface area contributed by atoms with E-state index in [1.807, 2.05) is 23.1 Å². The van der Waals surface area contributed by atoms with Crippen LogP contribution in [0.25, 0.3) is 0 Å². The van der Waals surface area contributed by atoms with Gasteiger partial charge in [-0.25, -0.2) is 4.79 Å². The molecule has 1 aromatic carbocycles. The standard InChI is InChI=1S/C20H27N3O2/c24-18-20(11-4-14-22(18)17-8-9-17)12-5-15-23(20)19(25)21-13-10-16-6-2-1-3-7-16/h1-3,6-7,17H,4-5,8-15H2,(H,21,25). The molecule has 1 N–H and O–H groups in total. The number of nitrogens with one attached hydrogen (secondary N) is 1. The van der Waals surface area contributed by atoms with Gasteiger partial charge in [-0.3, -0.25) is 4.79 Å². The van der Waals surface area contributed by atoms with Crippen molar-refractivity contribution >= 4 is 11.9 Å². The van der Waals surface area contributed by atoms with Crippen molar-refractivity contribution in [2.45, 2.75) is 56.5 Å². The fourth-order valence-electron chi connectivity index (χ4n) is 4.46. The minimum Gasteiger partial charge on any atom is -0.338 e. The molecule has 4 rings (SSSR count). The molecule has 1 spiro atoms. The largest absolute Gasteiger partial charge is 0.338 e. The Labute approximate surface area is 149 Å². The van der Waals surface area contributed by atoms with Gasteiger partial charge in [0.1, 0.15) is 5.54 Å². The summed E-state index contributed by atoms with van der Waals surface area (Å²) in [6.45, 7) is 2.17. The maximum Gasteiger partial charge on any atom is 0.318 e. The Hall–Kier alpha value is -2.04. The van der Waals surface area contributed by atoms with Crippen LogP contribution in [0.2, 0.25) is 0 Å². The lowest BCUT2D eigenvalue weighted by atomic mass is 9.85. The molecular formula is C20H27N3O2. The molecule has 3 fully saturated rings. The number of benzene rings is 1. The lowest BCUT2D eigenvalue weighted by Gasteiger charge is -2.44. The van der Waals surface area contributed by atoms with Crippen LogP contribution in [-0.4, -0.2) is 53.0 Å². The number of amides is 3. The second-order valence-electron chi connectivity index (χ2n) is 7.59. The monoisotopic (exact) mass is 341 g/mol. The van der Waals surface area contributed by atoms with Crippen LogP contribution in [0, 0.1) is 0 Å². The molecule has 1 aromatic rings. The first-order chi connectivity index (χ1) is 12.2. The third-order valence-corrected chi connectivity index (χ3v) is 5.90. The van der Waals surface area contributed by atoms with E-state index in [0.717, 1.165) is 51.5 Å². The molecule has 5 nitrogen and oxygen atoms in total. The highest BCUT2D eigenvalue weighted by Crippen LogP contribution is 2.41. The summed E-state index contributed by atoms with van der Waals surface area (Å²) in [5.41, 5.74) is 0.644. The van der Waals surface area contributed by atoms with Gasteiger partial charge in [-0.1, -0.05) is 30.3 Å². The van der Waals surface area contributed by atoms with Gasteiger partial charge >= 0.3 is 6.03 Å². The molecule has 1 atom stereocenters. The Bertz CT molecular complexity index is 644. The minimum atomic E-state index is -0.572. The number of rotatable bonds is 4. The number of carbonyl (C=O) groups excluding carboxylic acids is 2. The molecule has 1 saturated carbocycles. The van der Waals surface area contributed by atoms with Gasteiger partial charge in [0, 0.05) is 25.7 Å². The highest BCUT2D eigenvalue weighted by molar-refractivity contribution is 5.92. The number of urea groups is 1. The van der Waals surface area contributed by atoms with Gasteiger partial charge in [0.2, 0.25) is 5.91 Å². The Morgan fingerprint density at radius 1 is 1.12 bits per heavy atom. The molecule has 2 heterocycles. The zero-order valence-corrected chi connectivity index (χ0v) is 14.7. The molecule has 1 aliphatic carbocycles. The van der Waals surface area contributed by atoms with Gasteiger partial charge in [-0.2, -0.15) is 0 Å². The second-order valence-corrected chi connectivity index (χ2v) is 7.59. The van der Waals surface area contributed by atoms with E-state index in [9.17, 15) is 9.59 Å². The highest BCUT2D eigenvalue weighted by Gasteiger charge is 2.54. The van der Waals surface area contributed by atoms with E-state index in [1.165, 1.54) is 5.56 Å². The fraction of sp³-hybridized carbons (Fsp3) is 0.600. The van der Waals surface area contributed by atoms with Crippen LogP contribution in [0.3, 0.4) is 0 Å². The van der Waals surface area contributed by atoms with Crippen molar-refractivity contribution in [3.63, 3.8) is 0 Å². The van der Waals surface area contributed by atoms with Crippen LogP contribution in [0.4, 0.5) is 4.79 Å². The van der Waals surface area contributed by atoms with E-state index < -0.39 is 5.54 Å². The summed E-state index contributed by atoms with van der Waals surface area (Å²) in [5, 5.41) is 3.04.